The molecule has 0 atom stereocenters. The number of carbonyl (C=O) groups is 1. The van der Waals surface area contributed by atoms with Crippen LogP contribution in [-0.4, -0.2) is 23.9 Å². The summed E-state index contributed by atoms with van der Waals surface area (Å²) < 4.78 is 0. The van der Waals surface area contributed by atoms with Gasteiger partial charge in [0.25, 0.3) is 0 Å². The lowest BCUT2D eigenvalue weighted by Crippen LogP contribution is -2.29. The van der Waals surface area contributed by atoms with Crippen LogP contribution in [0, 0.1) is 0 Å². The monoisotopic (exact) mass is 244 g/mol. The van der Waals surface area contributed by atoms with E-state index in [1.165, 1.54) is 44.0 Å². The van der Waals surface area contributed by atoms with Crippen LogP contribution < -0.4 is 5.32 Å². The average molecular weight is 244 g/mol. The number of nitrogens with zero attached hydrogens (tertiary/aromatic N) is 1. The fraction of sp³-hybridized carbons (Fsp3) is 0.400. The van der Waals surface area contributed by atoms with E-state index in [0.717, 1.165) is 12.2 Å². The smallest absolute Gasteiger partial charge is 0.247 e. The quantitative estimate of drug-likeness (QED) is 0.826. The van der Waals surface area contributed by atoms with Gasteiger partial charge < -0.3 is 5.32 Å². The molecule has 0 unspecified atom stereocenters. The Morgan fingerprint density at radius 2 is 1.89 bits per heavy atom. The molecule has 1 saturated heterocycles. The van der Waals surface area contributed by atoms with E-state index in [2.05, 4.69) is 28.9 Å². The van der Waals surface area contributed by atoms with Gasteiger partial charge in [-0.15, -0.1) is 0 Å². The highest BCUT2D eigenvalue weighted by Crippen LogP contribution is 2.15. The zero-order valence-corrected chi connectivity index (χ0v) is 10.7. The van der Waals surface area contributed by atoms with Gasteiger partial charge in [0.05, 0.1) is 0 Å². The Balaban J connectivity index is 1.90. The largest absolute Gasteiger partial charge is 0.323 e. The Labute approximate surface area is 108 Å². The fourth-order valence-corrected chi connectivity index (χ4v) is 2.26. The highest BCUT2D eigenvalue weighted by Gasteiger charge is 2.10. The van der Waals surface area contributed by atoms with Crippen molar-refractivity contribution in [1.82, 2.24) is 4.90 Å². The van der Waals surface area contributed by atoms with Gasteiger partial charge in [0.2, 0.25) is 5.91 Å². The number of anilines is 1. The SMILES string of the molecule is C=CC(=O)Nc1ccc(CN2CCCCC2)cc1. The van der Waals surface area contributed by atoms with Crippen LogP contribution in [0.5, 0.6) is 0 Å². The molecule has 96 valence electrons. The van der Waals surface area contributed by atoms with E-state index in [1.807, 2.05) is 12.1 Å². The first-order chi connectivity index (χ1) is 8.78. The standard InChI is InChI=1S/C15H20N2O/c1-2-15(18)16-14-8-6-13(7-9-14)12-17-10-4-3-5-11-17/h2,6-9H,1,3-5,10-12H2,(H,16,18). The van der Waals surface area contributed by atoms with Gasteiger partial charge in [-0.05, 0) is 49.7 Å². The number of hydrogen-bond acceptors (Lipinski definition) is 2. The molecule has 1 aliphatic heterocycles. The predicted octanol–water partition coefficient (Wildman–Crippen LogP) is 2.80. The average Bonchev–Trinajstić information content (AvgIpc) is 2.42. The number of amides is 1. The molecule has 0 saturated carbocycles. The Kier molecular flexibility index (Phi) is 4.53. The molecular weight excluding hydrogens is 224 g/mol. The molecule has 1 aliphatic rings. The fourth-order valence-electron chi connectivity index (χ4n) is 2.26. The Hall–Kier alpha value is -1.61. The van der Waals surface area contributed by atoms with E-state index in [9.17, 15) is 4.79 Å². The van der Waals surface area contributed by atoms with Crippen LogP contribution in [0.15, 0.2) is 36.9 Å². The lowest BCUT2D eigenvalue weighted by molar-refractivity contribution is -0.111. The maximum atomic E-state index is 11.1. The zero-order chi connectivity index (χ0) is 12.8. The summed E-state index contributed by atoms with van der Waals surface area (Å²) in [7, 11) is 0. The molecule has 0 aromatic heterocycles. The molecule has 0 spiro atoms. The molecule has 18 heavy (non-hydrogen) atoms. The van der Waals surface area contributed by atoms with Gasteiger partial charge in [0, 0.05) is 12.2 Å². The first-order valence-corrected chi connectivity index (χ1v) is 6.52. The minimum atomic E-state index is -0.168. The second-order valence-corrected chi connectivity index (χ2v) is 4.73. The van der Waals surface area contributed by atoms with Crippen molar-refractivity contribution in [2.24, 2.45) is 0 Å². The highest BCUT2D eigenvalue weighted by atomic mass is 16.1. The van der Waals surface area contributed by atoms with Crippen molar-refractivity contribution < 1.29 is 4.79 Å². The first-order valence-electron chi connectivity index (χ1n) is 6.52. The third-order valence-electron chi connectivity index (χ3n) is 3.26. The minimum absolute atomic E-state index is 0.168. The van der Waals surface area contributed by atoms with Gasteiger partial charge in [-0.3, -0.25) is 9.69 Å². The topological polar surface area (TPSA) is 32.3 Å². The number of rotatable bonds is 4. The number of benzene rings is 1. The Morgan fingerprint density at radius 3 is 2.50 bits per heavy atom. The Bertz CT molecular complexity index is 405. The van der Waals surface area contributed by atoms with Crippen molar-refractivity contribution in [2.75, 3.05) is 18.4 Å². The van der Waals surface area contributed by atoms with Crippen molar-refractivity contribution >= 4 is 11.6 Å². The van der Waals surface area contributed by atoms with E-state index in [4.69, 9.17) is 0 Å². The number of carbonyl (C=O) groups excluding carboxylic acids is 1. The van der Waals surface area contributed by atoms with Gasteiger partial charge in [0.15, 0.2) is 0 Å². The summed E-state index contributed by atoms with van der Waals surface area (Å²) in [5.74, 6) is -0.168. The summed E-state index contributed by atoms with van der Waals surface area (Å²) >= 11 is 0. The van der Waals surface area contributed by atoms with Crippen LogP contribution in [0.4, 0.5) is 5.69 Å². The van der Waals surface area contributed by atoms with Crippen LogP contribution in [0.25, 0.3) is 0 Å². The molecule has 1 aromatic rings. The van der Waals surface area contributed by atoms with E-state index in [-0.39, 0.29) is 5.91 Å². The van der Waals surface area contributed by atoms with Crippen molar-refractivity contribution in [2.45, 2.75) is 25.8 Å². The second kappa shape index (κ2) is 6.36. The van der Waals surface area contributed by atoms with Crippen molar-refractivity contribution in [1.29, 1.82) is 0 Å². The summed E-state index contributed by atoms with van der Waals surface area (Å²) in [5, 5.41) is 2.75. The van der Waals surface area contributed by atoms with Crippen LogP contribution >= 0.6 is 0 Å². The molecule has 0 aliphatic carbocycles. The van der Waals surface area contributed by atoms with Crippen molar-refractivity contribution in [3.63, 3.8) is 0 Å². The summed E-state index contributed by atoms with van der Waals surface area (Å²) in [6.07, 6.45) is 5.27. The third kappa shape index (κ3) is 3.70. The maximum Gasteiger partial charge on any atom is 0.247 e. The van der Waals surface area contributed by atoms with Crippen LogP contribution in [0.3, 0.4) is 0 Å². The van der Waals surface area contributed by atoms with E-state index < -0.39 is 0 Å². The molecule has 0 radical (unpaired) electrons. The summed E-state index contributed by atoms with van der Waals surface area (Å²) in [5.41, 5.74) is 2.12. The van der Waals surface area contributed by atoms with Gasteiger partial charge in [-0.2, -0.15) is 0 Å². The highest BCUT2D eigenvalue weighted by molar-refractivity contribution is 5.98. The molecule has 1 heterocycles. The molecule has 1 fully saturated rings. The maximum absolute atomic E-state index is 11.1. The molecule has 0 bridgehead atoms. The number of nitrogens with one attached hydrogen (secondary N) is 1. The molecule has 1 amide bonds. The van der Waals surface area contributed by atoms with Crippen molar-refractivity contribution in [3.05, 3.63) is 42.5 Å². The van der Waals surface area contributed by atoms with Crippen LogP contribution in [-0.2, 0) is 11.3 Å². The van der Waals surface area contributed by atoms with Gasteiger partial charge in [-0.1, -0.05) is 25.1 Å². The van der Waals surface area contributed by atoms with E-state index in [0.29, 0.717) is 0 Å². The molecular formula is C15H20N2O. The second-order valence-electron chi connectivity index (χ2n) is 4.73. The third-order valence-corrected chi connectivity index (χ3v) is 3.26. The molecule has 3 nitrogen and oxygen atoms in total. The van der Waals surface area contributed by atoms with E-state index in [1.54, 1.807) is 0 Å². The minimum Gasteiger partial charge on any atom is -0.323 e. The summed E-state index contributed by atoms with van der Waals surface area (Å²) in [6.45, 7) is 6.85. The molecule has 2 rings (SSSR count). The lowest BCUT2D eigenvalue weighted by Gasteiger charge is -2.26. The number of likely N-dealkylation sites (tertiary alicyclic amines) is 1. The van der Waals surface area contributed by atoms with Crippen LogP contribution in [0.2, 0.25) is 0 Å². The molecule has 3 heteroatoms. The summed E-state index contributed by atoms with van der Waals surface area (Å²) in [6, 6.07) is 8.04. The predicted molar refractivity (Wildman–Crippen MR) is 74.4 cm³/mol. The molecule has 1 N–H and O–H groups in total. The van der Waals surface area contributed by atoms with E-state index >= 15 is 0 Å². The number of hydrogen-bond donors (Lipinski definition) is 1. The molecule has 1 aromatic carbocycles. The van der Waals surface area contributed by atoms with Crippen LogP contribution in [0.1, 0.15) is 24.8 Å². The van der Waals surface area contributed by atoms with Gasteiger partial charge in [-0.25, -0.2) is 0 Å². The lowest BCUT2D eigenvalue weighted by atomic mass is 10.1. The number of piperidine rings is 1. The summed E-state index contributed by atoms with van der Waals surface area (Å²) in [4.78, 5) is 13.6. The normalized spacial score (nSPS) is 16.2. The van der Waals surface area contributed by atoms with Gasteiger partial charge in [0.1, 0.15) is 0 Å². The zero-order valence-electron chi connectivity index (χ0n) is 10.7. The first kappa shape index (κ1) is 12.8. The Morgan fingerprint density at radius 1 is 1.22 bits per heavy atom. The van der Waals surface area contributed by atoms with Gasteiger partial charge >= 0.3 is 0 Å². The van der Waals surface area contributed by atoms with Crippen molar-refractivity contribution in [3.8, 4) is 0 Å².